The van der Waals surface area contributed by atoms with Crippen molar-refractivity contribution in [1.29, 1.82) is 5.26 Å². The maximum absolute atomic E-state index is 8.81. The predicted octanol–water partition coefficient (Wildman–Crippen LogP) is 3.74. The van der Waals surface area contributed by atoms with E-state index in [-0.39, 0.29) is 6.10 Å². The number of nitriles is 1. The molecule has 116 valence electrons. The summed E-state index contributed by atoms with van der Waals surface area (Å²) in [5.41, 5.74) is 2.96. The van der Waals surface area contributed by atoms with E-state index in [9.17, 15) is 0 Å². The Morgan fingerprint density at radius 3 is 2.68 bits per heavy atom. The number of thiazole rings is 1. The molecule has 1 aromatic heterocycles. The lowest BCUT2D eigenvalue weighted by Gasteiger charge is -2.15. The first kappa shape index (κ1) is 16.6. The summed E-state index contributed by atoms with van der Waals surface area (Å²) in [6.07, 6.45) is 0.0626. The smallest absolute Gasteiger partial charge is 0.122 e. The van der Waals surface area contributed by atoms with Crippen LogP contribution in [0.2, 0.25) is 0 Å². The summed E-state index contributed by atoms with van der Waals surface area (Å²) in [5.74, 6) is 0. The molecule has 0 aliphatic carbocycles. The highest BCUT2D eigenvalue weighted by molar-refractivity contribution is 7.09. The van der Waals surface area contributed by atoms with E-state index in [1.165, 1.54) is 5.56 Å². The average Bonchev–Trinajstić information content (AvgIpc) is 2.96. The lowest BCUT2D eigenvalue weighted by Crippen LogP contribution is -2.17. The lowest BCUT2D eigenvalue weighted by atomic mass is 10.1. The van der Waals surface area contributed by atoms with Gasteiger partial charge in [-0.2, -0.15) is 5.26 Å². The van der Waals surface area contributed by atoms with Crippen LogP contribution in [-0.2, 0) is 17.8 Å². The van der Waals surface area contributed by atoms with Crippen molar-refractivity contribution >= 4 is 11.3 Å². The van der Waals surface area contributed by atoms with Crippen LogP contribution in [0.25, 0.3) is 0 Å². The van der Waals surface area contributed by atoms with Crippen LogP contribution in [0.1, 0.15) is 41.8 Å². The number of benzene rings is 1. The van der Waals surface area contributed by atoms with Gasteiger partial charge in [0.15, 0.2) is 0 Å². The van der Waals surface area contributed by atoms with Gasteiger partial charge in [0.2, 0.25) is 0 Å². The molecule has 0 N–H and O–H groups in total. The summed E-state index contributed by atoms with van der Waals surface area (Å²) in [7, 11) is 2.07. The molecule has 2 aromatic rings. The first-order valence-electron chi connectivity index (χ1n) is 7.35. The molecule has 0 saturated carbocycles. The number of hydrogen-bond acceptors (Lipinski definition) is 5. The third kappa shape index (κ3) is 4.63. The van der Waals surface area contributed by atoms with Crippen molar-refractivity contribution in [3.63, 3.8) is 0 Å². The van der Waals surface area contributed by atoms with Gasteiger partial charge in [-0.15, -0.1) is 11.3 Å². The molecule has 1 heterocycles. The van der Waals surface area contributed by atoms with E-state index in [0.29, 0.717) is 12.2 Å². The minimum Gasteiger partial charge on any atom is -0.372 e. The van der Waals surface area contributed by atoms with Crippen LogP contribution in [0.3, 0.4) is 0 Å². The normalized spacial score (nSPS) is 12.3. The molecule has 2 rings (SSSR count). The van der Waals surface area contributed by atoms with Gasteiger partial charge in [-0.05, 0) is 38.6 Å². The van der Waals surface area contributed by atoms with Crippen LogP contribution in [0.4, 0.5) is 0 Å². The van der Waals surface area contributed by atoms with Gasteiger partial charge >= 0.3 is 0 Å². The third-order valence-electron chi connectivity index (χ3n) is 3.30. The summed E-state index contributed by atoms with van der Waals surface area (Å²) in [5, 5.41) is 11.9. The Balaban J connectivity index is 1.91. The zero-order chi connectivity index (χ0) is 15.9. The van der Waals surface area contributed by atoms with Crippen LogP contribution in [-0.4, -0.2) is 23.5 Å². The van der Waals surface area contributed by atoms with Gasteiger partial charge in [-0.25, -0.2) is 4.98 Å². The molecular weight excluding hydrogens is 294 g/mol. The molecular formula is C17H21N3OS. The van der Waals surface area contributed by atoms with Crippen LogP contribution < -0.4 is 0 Å². The Hall–Kier alpha value is -1.74. The van der Waals surface area contributed by atoms with Gasteiger partial charge in [0.1, 0.15) is 11.1 Å². The van der Waals surface area contributed by atoms with Gasteiger partial charge in [0.05, 0.1) is 17.3 Å². The molecule has 0 saturated heterocycles. The van der Waals surface area contributed by atoms with Crippen molar-refractivity contribution in [3.8, 4) is 6.07 Å². The van der Waals surface area contributed by atoms with E-state index in [1.807, 2.05) is 38.1 Å². The fourth-order valence-electron chi connectivity index (χ4n) is 2.23. The van der Waals surface area contributed by atoms with Crippen molar-refractivity contribution in [2.75, 3.05) is 13.7 Å². The van der Waals surface area contributed by atoms with Crippen molar-refractivity contribution in [2.45, 2.75) is 33.0 Å². The van der Waals surface area contributed by atoms with Gasteiger partial charge in [0, 0.05) is 25.1 Å². The van der Waals surface area contributed by atoms with Crippen molar-refractivity contribution in [1.82, 2.24) is 9.88 Å². The second kappa shape index (κ2) is 8.04. The third-order valence-corrected chi connectivity index (χ3v) is 4.36. The predicted molar refractivity (Wildman–Crippen MR) is 88.5 cm³/mol. The second-order valence-electron chi connectivity index (χ2n) is 5.26. The minimum absolute atomic E-state index is 0.0626. The SMILES string of the molecule is CCO[C@@H](C)c1nc(CN(C)Cc2ccc(C#N)cc2)cs1. The molecule has 1 atom stereocenters. The van der Waals surface area contributed by atoms with Crippen LogP contribution in [0, 0.1) is 11.3 Å². The molecule has 0 fully saturated rings. The molecule has 0 spiro atoms. The molecule has 5 heteroatoms. The Kier molecular flexibility index (Phi) is 6.08. The molecule has 0 aliphatic heterocycles. The van der Waals surface area contributed by atoms with Gasteiger partial charge in [0.25, 0.3) is 0 Å². The fraction of sp³-hybridized carbons (Fsp3) is 0.412. The molecule has 0 bridgehead atoms. The number of nitrogens with zero attached hydrogens (tertiary/aromatic N) is 3. The average molecular weight is 315 g/mol. The van der Waals surface area contributed by atoms with Crippen LogP contribution in [0.15, 0.2) is 29.6 Å². The van der Waals surface area contributed by atoms with E-state index in [4.69, 9.17) is 10.00 Å². The Morgan fingerprint density at radius 1 is 1.32 bits per heavy atom. The first-order valence-corrected chi connectivity index (χ1v) is 8.23. The van der Waals surface area contributed by atoms with Crippen molar-refractivity contribution < 1.29 is 4.74 Å². The topological polar surface area (TPSA) is 49.1 Å². The minimum atomic E-state index is 0.0626. The Labute approximate surface area is 136 Å². The molecule has 1 aromatic carbocycles. The summed E-state index contributed by atoms with van der Waals surface area (Å²) in [6, 6.07) is 9.84. The zero-order valence-electron chi connectivity index (χ0n) is 13.2. The monoisotopic (exact) mass is 315 g/mol. The highest BCUT2D eigenvalue weighted by Crippen LogP contribution is 2.21. The van der Waals surface area contributed by atoms with Gasteiger partial charge < -0.3 is 4.74 Å². The maximum Gasteiger partial charge on any atom is 0.122 e. The van der Waals surface area contributed by atoms with Crippen molar-refractivity contribution in [2.24, 2.45) is 0 Å². The largest absolute Gasteiger partial charge is 0.372 e. The number of aromatic nitrogens is 1. The molecule has 0 unspecified atom stereocenters. The quantitative estimate of drug-likeness (QED) is 0.781. The highest BCUT2D eigenvalue weighted by atomic mass is 32.1. The number of ether oxygens (including phenoxy) is 1. The maximum atomic E-state index is 8.81. The van der Waals surface area contributed by atoms with Gasteiger partial charge in [-0.3, -0.25) is 4.90 Å². The summed E-state index contributed by atoms with van der Waals surface area (Å²) in [6.45, 7) is 6.37. The molecule has 0 amide bonds. The summed E-state index contributed by atoms with van der Waals surface area (Å²) in [4.78, 5) is 6.86. The zero-order valence-corrected chi connectivity index (χ0v) is 14.1. The van der Waals surface area contributed by atoms with E-state index >= 15 is 0 Å². The second-order valence-corrected chi connectivity index (χ2v) is 6.15. The van der Waals surface area contributed by atoms with E-state index in [1.54, 1.807) is 11.3 Å². The molecule has 4 nitrogen and oxygen atoms in total. The molecule has 0 radical (unpaired) electrons. The van der Waals surface area contributed by atoms with E-state index in [0.717, 1.165) is 23.8 Å². The fourth-order valence-corrected chi connectivity index (χ4v) is 3.05. The highest BCUT2D eigenvalue weighted by Gasteiger charge is 2.11. The van der Waals surface area contributed by atoms with Crippen LogP contribution >= 0.6 is 11.3 Å². The number of hydrogen-bond donors (Lipinski definition) is 0. The first-order chi connectivity index (χ1) is 10.6. The van der Waals surface area contributed by atoms with Crippen LogP contribution in [0.5, 0.6) is 0 Å². The summed E-state index contributed by atoms with van der Waals surface area (Å²) < 4.78 is 5.57. The number of rotatable bonds is 7. The lowest BCUT2D eigenvalue weighted by molar-refractivity contribution is 0.0760. The molecule has 22 heavy (non-hydrogen) atoms. The van der Waals surface area contributed by atoms with E-state index < -0.39 is 0 Å². The van der Waals surface area contributed by atoms with Gasteiger partial charge in [-0.1, -0.05) is 12.1 Å². The summed E-state index contributed by atoms with van der Waals surface area (Å²) >= 11 is 1.65. The van der Waals surface area contributed by atoms with E-state index in [2.05, 4.69) is 28.4 Å². The van der Waals surface area contributed by atoms with Crippen molar-refractivity contribution in [3.05, 3.63) is 51.5 Å². The molecule has 0 aliphatic rings. The Bertz CT molecular complexity index is 630. The standard InChI is InChI=1S/C17H21N3OS/c1-4-21-13(2)17-19-16(12-22-17)11-20(3)10-15-7-5-14(9-18)6-8-15/h5-8,12-13H,4,10-11H2,1-3H3/t13-/m0/s1. The Morgan fingerprint density at radius 2 is 2.05 bits per heavy atom.